The molecular weight excluding hydrogens is 276 g/mol. The zero-order valence-corrected chi connectivity index (χ0v) is 12.6. The Hall–Kier alpha value is -2.33. The number of aromatic nitrogens is 1. The third kappa shape index (κ3) is 2.07. The summed E-state index contributed by atoms with van der Waals surface area (Å²) in [7, 11) is 0. The van der Waals surface area contributed by atoms with E-state index in [-0.39, 0.29) is 5.43 Å². The highest BCUT2D eigenvalue weighted by Crippen LogP contribution is 2.32. The van der Waals surface area contributed by atoms with Gasteiger partial charge in [0.1, 0.15) is 0 Å². The van der Waals surface area contributed by atoms with Crippen molar-refractivity contribution in [2.75, 3.05) is 31.2 Å². The van der Waals surface area contributed by atoms with Crippen LogP contribution in [0.25, 0.3) is 21.7 Å². The summed E-state index contributed by atoms with van der Waals surface area (Å²) in [5, 5.41) is 2.87. The van der Waals surface area contributed by atoms with Crippen LogP contribution in [0.15, 0.2) is 41.2 Å². The number of hydrogen-bond acceptors (Lipinski definition) is 3. The summed E-state index contributed by atoms with van der Waals surface area (Å²) in [5.74, 6) is 0. The van der Waals surface area contributed by atoms with Crippen LogP contribution in [-0.4, -0.2) is 31.3 Å². The zero-order chi connectivity index (χ0) is 15.1. The first-order valence-electron chi connectivity index (χ1n) is 7.62. The van der Waals surface area contributed by atoms with Crippen molar-refractivity contribution in [1.29, 1.82) is 0 Å². The Labute approximate surface area is 128 Å². The van der Waals surface area contributed by atoms with Crippen LogP contribution in [0.5, 0.6) is 0 Å². The molecule has 1 aliphatic rings. The van der Waals surface area contributed by atoms with Gasteiger partial charge in [0.15, 0.2) is 5.43 Å². The van der Waals surface area contributed by atoms with E-state index in [1.165, 1.54) is 0 Å². The molecule has 0 atom stereocenters. The molecule has 1 aromatic heterocycles. The van der Waals surface area contributed by atoms with Gasteiger partial charge in [0, 0.05) is 35.2 Å². The van der Waals surface area contributed by atoms with Crippen LogP contribution in [0, 0.1) is 6.92 Å². The molecule has 1 fully saturated rings. The van der Waals surface area contributed by atoms with E-state index < -0.39 is 0 Å². The zero-order valence-electron chi connectivity index (χ0n) is 12.6. The molecule has 0 spiro atoms. The van der Waals surface area contributed by atoms with Crippen molar-refractivity contribution in [2.24, 2.45) is 0 Å². The van der Waals surface area contributed by atoms with Gasteiger partial charge in [0.25, 0.3) is 0 Å². The molecule has 0 bridgehead atoms. The minimum absolute atomic E-state index is 0.0689. The SMILES string of the molecule is Cc1ccc2cc(N3CCOCC3)c3cccc(=O)c3c2[nH]1. The number of aromatic amines is 1. The summed E-state index contributed by atoms with van der Waals surface area (Å²) in [6.07, 6.45) is 0. The average molecular weight is 294 g/mol. The molecule has 1 aliphatic heterocycles. The number of pyridine rings is 1. The lowest BCUT2D eigenvalue weighted by Crippen LogP contribution is -2.36. The third-order valence-corrected chi connectivity index (χ3v) is 4.32. The molecule has 0 radical (unpaired) electrons. The highest BCUT2D eigenvalue weighted by Gasteiger charge is 2.17. The predicted octanol–water partition coefficient (Wildman–Crippen LogP) is 2.83. The van der Waals surface area contributed by atoms with Crippen LogP contribution >= 0.6 is 0 Å². The fourth-order valence-electron chi connectivity index (χ4n) is 3.23. The molecule has 0 aliphatic carbocycles. The Morgan fingerprint density at radius 2 is 1.95 bits per heavy atom. The first-order valence-corrected chi connectivity index (χ1v) is 7.62. The molecule has 0 unspecified atom stereocenters. The molecule has 4 rings (SSSR count). The molecule has 1 saturated heterocycles. The number of H-pyrrole nitrogens is 1. The van der Waals surface area contributed by atoms with Crippen molar-refractivity contribution in [3.63, 3.8) is 0 Å². The van der Waals surface area contributed by atoms with Crippen molar-refractivity contribution in [3.8, 4) is 0 Å². The van der Waals surface area contributed by atoms with Gasteiger partial charge in [-0.15, -0.1) is 0 Å². The molecule has 0 saturated carbocycles. The molecule has 4 nitrogen and oxygen atoms in total. The summed E-state index contributed by atoms with van der Waals surface area (Å²) >= 11 is 0. The molecule has 2 heterocycles. The topological polar surface area (TPSA) is 45.3 Å². The Morgan fingerprint density at radius 3 is 2.77 bits per heavy atom. The second kappa shape index (κ2) is 5.14. The maximum Gasteiger partial charge on any atom is 0.188 e. The minimum atomic E-state index is 0.0689. The summed E-state index contributed by atoms with van der Waals surface area (Å²) in [4.78, 5) is 18.1. The van der Waals surface area contributed by atoms with Crippen LogP contribution < -0.4 is 10.3 Å². The van der Waals surface area contributed by atoms with Crippen molar-refractivity contribution < 1.29 is 4.74 Å². The maximum atomic E-state index is 12.5. The number of rotatable bonds is 1. The summed E-state index contributed by atoms with van der Waals surface area (Å²) in [6.45, 7) is 5.19. The first-order chi connectivity index (χ1) is 10.7. The Balaban J connectivity index is 2.09. The second-order valence-corrected chi connectivity index (χ2v) is 5.78. The molecule has 4 heteroatoms. The number of fused-ring (bicyclic) bond motifs is 3. The van der Waals surface area contributed by atoms with Crippen LogP contribution in [0.4, 0.5) is 5.69 Å². The monoisotopic (exact) mass is 294 g/mol. The fourth-order valence-corrected chi connectivity index (χ4v) is 3.23. The van der Waals surface area contributed by atoms with Gasteiger partial charge >= 0.3 is 0 Å². The van der Waals surface area contributed by atoms with Gasteiger partial charge < -0.3 is 14.6 Å². The van der Waals surface area contributed by atoms with Gasteiger partial charge in [0.2, 0.25) is 0 Å². The molecule has 22 heavy (non-hydrogen) atoms. The smallest absolute Gasteiger partial charge is 0.188 e. The number of ether oxygens (including phenoxy) is 1. The lowest BCUT2D eigenvalue weighted by Gasteiger charge is -2.30. The highest BCUT2D eigenvalue weighted by atomic mass is 16.5. The van der Waals surface area contributed by atoms with Crippen molar-refractivity contribution in [1.82, 2.24) is 4.98 Å². The van der Waals surface area contributed by atoms with E-state index in [4.69, 9.17) is 4.74 Å². The molecule has 0 amide bonds. The van der Waals surface area contributed by atoms with Gasteiger partial charge in [0.05, 0.1) is 24.1 Å². The molecular formula is C18H18N2O2. The van der Waals surface area contributed by atoms with Gasteiger partial charge in [-0.1, -0.05) is 18.2 Å². The van der Waals surface area contributed by atoms with Crippen molar-refractivity contribution >= 4 is 27.4 Å². The predicted molar refractivity (Wildman–Crippen MR) is 89.8 cm³/mol. The van der Waals surface area contributed by atoms with E-state index in [1.54, 1.807) is 6.07 Å². The molecule has 2 aromatic carbocycles. The number of benzene rings is 2. The first kappa shape index (κ1) is 13.3. The fraction of sp³-hybridized carbons (Fsp3) is 0.278. The lowest BCUT2D eigenvalue weighted by molar-refractivity contribution is 0.123. The Kier molecular flexibility index (Phi) is 3.12. The van der Waals surface area contributed by atoms with Crippen LogP contribution in [0.1, 0.15) is 5.69 Å². The van der Waals surface area contributed by atoms with E-state index >= 15 is 0 Å². The average Bonchev–Trinajstić information content (AvgIpc) is 2.55. The van der Waals surface area contributed by atoms with Crippen LogP contribution in [0.2, 0.25) is 0 Å². The van der Waals surface area contributed by atoms with E-state index in [0.29, 0.717) is 0 Å². The van der Waals surface area contributed by atoms with Crippen LogP contribution in [-0.2, 0) is 4.74 Å². The summed E-state index contributed by atoms with van der Waals surface area (Å²) in [5.41, 5.74) is 3.17. The van der Waals surface area contributed by atoms with Crippen molar-refractivity contribution in [3.05, 3.63) is 52.3 Å². The number of anilines is 1. The number of hydrogen-bond donors (Lipinski definition) is 1. The van der Waals surface area contributed by atoms with Gasteiger partial charge in [-0.3, -0.25) is 4.79 Å². The molecule has 1 N–H and O–H groups in total. The highest BCUT2D eigenvalue weighted by molar-refractivity contribution is 6.11. The summed E-state index contributed by atoms with van der Waals surface area (Å²) < 4.78 is 5.45. The summed E-state index contributed by atoms with van der Waals surface area (Å²) in [6, 6.07) is 11.8. The van der Waals surface area contributed by atoms with E-state index in [1.807, 2.05) is 25.1 Å². The van der Waals surface area contributed by atoms with Gasteiger partial charge in [-0.05, 0) is 25.1 Å². The quantitative estimate of drug-likeness (QED) is 0.702. The third-order valence-electron chi connectivity index (χ3n) is 4.32. The van der Waals surface area contributed by atoms with Crippen LogP contribution in [0.3, 0.4) is 0 Å². The van der Waals surface area contributed by atoms with Gasteiger partial charge in [-0.25, -0.2) is 0 Å². The normalized spacial score (nSPS) is 15.6. The van der Waals surface area contributed by atoms with E-state index in [2.05, 4.69) is 22.0 Å². The van der Waals surface area contributed by atoms with E-state index in [0.717, 1.165) is 59.4 Å². The van der Waals surface area contributed by atoms with E-state index in [9.17, 15) is 4.79 Å². The number of aryl methyl sites for hydroxylation is 1. The number of morpholine rings is 1. The van der Waals surface area contributed by atoms with Crippen molar-refractivity contribution in [2.45, 2.75) is 6.92 Å². The Morgan fingerprint density at radius 1 is 1.14 bits per heavy atom. The molecule has 112 valence electrons. The minimum Gasteiger partial charge on any atom is -0.378 e. The second-order valence-electron chi connectivity index (χ2n) is 5.78. The standard InChI is InChI=1S/C18H18N2O2/c1-12-5-6-13-11-15(20-7-9-22-10-8-20)14-3-2-4-16(21)17(14)18(13)19-12/h2-6,11,19H,7-10H2,1H3. The largest absolute Gasteiger partial charge is 0.378 e. The lowest BCUT2D eigenvalue weighted by atomic mass is 10.0. The maximum absolute atomic E-state index is 12.5. The Bertz CT molecular complexity index is 908. The number of nitrogens with one attached hydrogen (secondary N) is 1. The molecule has 3 aromatic rings. The number of nitrogens with zero attached hydrogens (tertiary/aromatic N) is 1. The van der Waals surface area contributed by atoms with Gasteiger partial charge in [-0.2, -0.15) is 0 Å².